The molecule has 0 aromatic heterocycles. The minimum atomic E-state index is -4.16. The molecule has 1 aliphatic heterocycles. The largest absolute Gasteiger partial charge is 0.377 e. The number of hydrogen-bond acceptors (Lipinski definition) is 5. The molecule has 0 spiro atoms. The third-order valence-electron chi connectivity index (χ3n) is 6.16. The number of primary amides is 1. The standard InChI is InChI=1S/C26H26F4N4O4S/c1-14-7-8-20(19(27)10-14)33-25-18(26(31)35)12-16(23(29)24(25)30)11-15-4-2-6-21(22(15)28)34-39(36,37)32-13-17-5-3-9-38-17/h2,4,6-8,10,12,17,32-34H,3,5,9,11,13H2,1H3,(H2,31,35)/t17-/m1/s1. The minimum absolute atomic E-state index is 0.00387. The molecule has 1 saturated heterocycles. The molecule has 13 heteroatoms. The van der Waals surface area contributed by atoms with Crippen LogP contribution in [0.25, 0.3) is 0 Å². The summed E-state index contributed by atoms with van der Waals surface area (Å²) in [5, 5.41) is 2.37. The van der Waals surface area contributed by atoms with E-state index in [1.807, 2.05) is 0 Å². The molecule has 0 saturated carbocycles. The Kier molecular flexibility index (Phi) is 8.42. The van der Waals surface area contributed by atoms with Crippen molar-refractivity contribution in [2.45, 2.75) is 32.3 Å². The second-order valence-electron chi connectivity index (χ2n) is 9.10. The van der Waals surface area contributed by atoms with Gasteiger partial charge in [-0.05, 0) is 60.7 Å². The van der Waals surface area contributed by atoms with Crippen molar-refractivity contribution >= 4 is 33.2 Å². The van der Waals surface area contributed by atoms with Crippen LogP contribution in [0.2, 0.25) is 0 Å². The van der Waals surface area contributed by atoms with E-state index in [1.54, 1.807) is 6.92 Å². The van der Waals surface area contributed by atoms with E-state index in [2.05, 4.69) is 14.8 Å². The Balaban J connectivity index is 1.60. The Morgan fingerprint density at radius 1 is 1.03 bits per heavy atom. The zero-order chi connectivity index (χ0) is 28.3. The number of aryl methyl sites for hydroxylation is 1. The lowest BCUT2D eigenvalue weighted by molar-refractivity contribution is 0.100. The van der Waals surface area contributed by atoms with E-state index in [-0.39, 0.29) is 23.9 Å². The van der Waals surface area contributed by atoms with Gasteiger partial charge in [-0.2, -0.15) is 13.1 Å². The first-order chi connectivity index (χ1) is 18.4. The van der Waals surface area contributed by atoms with Gasteiger partial charge in [0.25, 0.3) is 16.1 Å². The van der Waals surface area contributed by atoms with Gasteiger partial charge in [-0.1, -0.05) is 18.2 Å². The number of hydrogen-bond donors (Lipinski definition) is 4. The quantitative estimate of drug-likeness (QED) is 0.271. The highest BCUT2D eigenvalue weighted by Crippen LogP contribution is 2.32. The molecule has 3 aromatic carbocycles. The molecule has 1 amide bonds. The molecule has 0 aliphatic carbocycles. The van der Waals surface area contributed by atoms with Crippen LogP contribution in [0, 0.1) is 30.2 Å². The molecule has 208 valence electrons. The highest BCUT2D eigenvalue weighted by molar-refractivity contribution is 7.90. The molecule has 1 atom stereocenters. The first-order valence-electron chi connectivity index (χ1n) is 12.0. The normalized spacial score (nSPS) is 15.4. The van der Waals surface area contributed by atoms with Gasteiger partial charge in [-0.15, -0.1) is 0 Å². The summed E-state index contributed by atoms with van der Waals surface area (Å²) in [7, 11) is -4.16. The zero-order valence-electron chi connectivity index (χ0n) is 20.8. The average Bonchev–Trinajstić information content (AvgIpc) is 3.40. The highest BCUT2D eigenvalue weighted by atomic mass is 32.2. The number of benzene rings is 3. The van der Waals surface area contributed by atoms with Gasteiger partial charge >= 0.3 is 0 Å². The van der Waals surface area contributed by atoms with E-state index < -0.39 is 68.3 Å². The fourth-order valence-corrected chi connectivity index (χ4v) is 5.09. The predicted molar refractivity (Wildman–Crippen MR) is 138 cm³/mol. The van der Waals surface area contributed by atoms with Gasteiger partial charge in [0.2, 0.25) is 0 Å². The molecule has 1 aliphatic rings. The fourth-order valence-electron chi connectivity index (χ4n) is 4.17. The number of amides is 1. The van der Waals surface area contributed by atoms with Crippen LogP contribution in [-0.2, 0) is 21.4 Å². The maximum absolute atomic E-state index is 15.2. The van der Waals surface area contributed by atoms with E-state index in [9.17, 15) is 17.6 Å². The minimum Gasteiger partial charge on any atom is -0.377 e. The van der Waals surface area contributed by atoms with Crippen LogP contribution in [0.3, 0.4) is 0 Å². The molecule has 0 radical (unpaired) electrons. The van der Waals surface area contributed by atoms with Crippen LogP contribution in [0.5, 0.6) is 0 Å². The summed E-state index contributed by atoms with van der Waals surface area (Å²) in [5.74, 6) is -5.86. The van der Waals surface area contributed by atoms with Crippen LogP contribution in [-0.4, -0.2) is 33.6 Å². The number of nitrogens with one attached hydrogen (secondary N) is 3. The highest BCUT2D eigenvalue weighted by Gasteiger charge is 2.24. The Morgan fingerprint density at radius 2 is 1.79 bits per heavy atom. The van der Waals surface area contributed by atoms with E-state index in [1.165, 1.54) is 30.3 Å². The first-order valence-corrected chi connectivity index (χ1v) is 13.4. The number of carbonyl (C=O) groups excluding carboxylic acids is 1. The number of anilines is 3. The Hall–Kier alpha value is -3.68. The summed E-state index contributed by atoms with van der Waals surface area (Å²) in [6.45, 7) is 2.17. The third kappa shape index (κ3) is 6.67. The van der Waals surface area contributed by atoms with Gasteiger partial charge in [0.15, 0.2) is 17.5 Å². The number of ether oxygens (including phenoxy) is 1. The molecule has 3 aromatic rings. The van der Waals surface area contributed by atoms with Crippen molar-refractivity contribution in [2.24, 2.45) is 5.73 Å². The summed E-state index contributed by atoms with van der Waals surface area (Å²) >= 11 is 0. The molecule has 0 unspecified atom stereocenters. The lowest BCUT2D eigenvalue weighted by atomic mass is 9.99. The summed E-state index contributed by atoms with van der Waals surface area (Å²) in [6, 6.07) is 8.67. The van der Waals surface area contributed by atoms with Crippen LogP contribution in [0.4, 0.5) is 34.6 Å². The smallest absolute Gasteiger partial charge is 0.299 e. The maximum Gasteiger partial charge on any atom is 0.299 e. The van der Waals surface area contributed by atoms with Crippen molar-refractivity contribution in [1.82, 2.24) is 4.72 Å². The molecule has 1 fully saturated rings. The van der Waals surface area contributed by atoms with Crippen molar-refractivity contribution in [1.29, 1.82) is 0 Å². The second-order valence-corrected chi connectivity index (χ2v) is 10.6. The van der Waals surface area contributed by atoms with Crippen LogP contribution >= 0.6 is 0 Å². The van der Waals surface area contributed by atoms with Gasteiger partial charge in [-0.25, -0.2) is 17.6 Å². The Labute approximate surface area is 222 Å². The molecular formula is C26H26F4N4O4S. The molecule has 5 N–H and O–H groups in total. The van der Waals surface area contributed by atoms with Gasteiger partial charge in [0, 0.05) is 19.6 Å². The van der Waals surface area contributed by atoms with Crippen molar-refractivity contribution in [2.75, 3.05) is 23.2 Å². The van der Waals surface area contributed by atoms with Gasteiger partial charge in [-0.3, -0.25) is 9.52 Å². The third-order valence-corrected chi connectivity index (χ3v) is 7.20. The SMILES string of the molecule is Cc1ccc(Nc2c(C(N)=O)cc(Cc3cccc(NS(=O)(=O)NC[C@H]4CCCO4)c3F)c(F)c2F)c(F)c1. The van der Waals surface area contributed by atoms with Crippen LogP contribution in [0.1, 0.15) is 39.9 Å². The lowest BCUT2D eigenvalue weighted by Gasteiger charge is -2.16. The second kappa shape index (κ2) is 11.6. The Morgan fingerprint density at radius 3 is 2.46 bits per heavy atom. The summed E-state index contributed by atoms with van der Waals surface area (Å²) < 4.78 is 94.2. The summed E-state index contributed by atoms with van der Waals surface area (Å²) in [5.41, 5.74) is 3.56. The number of halogens is 4. The van der Waals surface area contributed by atoms with E-state index in [0.717, 1.165) is 18.6 Å². The molecule has 8 nitrogen and oxygen atoms in total. The monoisotopic (exact) mass is 566 g/mol. The zero-order valence-corrected chi connectivity index (χ0v) is 21.6. The van der Waals surface area contributed by atoms with Crippen LogP contribution < -0.4 is 20.5 Å². The average molecular weight is 567 g/mol. The van der Waals surface area contributed by atoms with E-state index in [0.29, 0.717) is 18.6 Å². The van der Waals surface area contributed by atoms with Gasteiger partial charge in [0.1, 0.15) is 5.82 Å². The molecule has 4 rings (SSSR count). The predicted octanol–water partition coefficient (Wildman–Crippen LogP) is 4.41. The van der Waals surface area contributed by atoms with Gasteiger partial charge < -0.3 is 15.8 Å². The lowest BCUT2D eigenvalue weighted by Crippen LogP contribution is -2.36. The molecular weight excluding hydrogens is 540 g/mol. The Bertz CT molecular complexity index is 1510. The summed E-state index contributed by atoms with van der Waals surface area (Å²) in [6.07, 6.45) is 0.670. The first kappa shape index (κ1) is 28.3. The number of carbonyl (C=O) groups is 1. The number of rotatable bonds is 10. The van der Waals surface area contributed by atoms with Crippen molar-refractivity contribution in [3.63, 3.8) is 0 Å². The fraction of sp³-hybridized carbons (Fsp3) is 0.269. The van der Waals surface area contributed by atoms with Crippen molar-refractivity contribution in [3.8, 4) is 0 Å². The molecule has 1 heterocycles. The maximum atomic E-state index is 15.2. The van der Waals surface area contributed by atoms with E-state index >= 15 is 13.2 Å². The summed E-state index contributed by atoms with van der Waals surface area (Å²) in [4.78, 5) is 12.1. The van der Waals surface area contributed by atoms with Crippen LogP contribution in [0.15, 0.2) is 42.5 Å². The molecule has 0 bridgehead atoms. The van der Waals surface area contributed by atoms with Crippen molar-refractivity contribution in [3.05, 3.63) is 88.0 Å². The molecule has 39 heavy (non-hydrogen) atoms. The topological polar surface area (TPSA) is 123 Å². The number of nitrogens with two attached hydrogens (primary N) is 1. The van der Waals surface area contributed by atoms with E-state index in [4.69, 9.17) is 10.5 Å². The van der Waals surface area contributed by atoms with Crippen molar-refractivity contribution < 1.29 is 35.5 Å². The van der Waals surface area contributed by atoms with Gasteiger partial charge in [0.05, 0.1) is 28.7 Å².